The van der Waals surface area contributed by atoms with E-state index in [1.165, 1.54) is 4.21 Å². The summed E-state index contributed by atoms with van der Waals surface area (Å²) >= 11 is 3.40. The second-order valence-corrected chi connectivity index (χ2v) is 4.97. The minimum absolute atomic E-state index is 0.499. The van der Waals surface area contributed by atoms with Crippen LogP contribution in [0.2, 0.25) is 0 Å². The summed E-state index contributed by atoms with van der Waals surface area (Å²) in [7, 11) is 0. The predicted molar refractivity (Wildman–Crippen MR) is 60.6 cm³/mol. The molecule has 2 aromatic rings. The van der Waals surface area contributed by atoms with E-state index in [4.69, 9.17) is 5.73 Å². The highest BCUT2D eigenvalue weighted by Gasteiger charge is 1.99. The third kappa shape index (κ3) is 2.35. The zero-order chi connectivity index (χ0) is 9.80. The summed E-state index contributed by atoms with van der Waals surface area (Å²) in [5.41, 5.74) is 6.46. The normalized spacial score (nSPS) is 10.4. The van der Waals surface area contributed by atoms with E-state index in [-0.39, 0.29) is 0 Å². The Morgan fingerprint density at radius 2 is 2.21 bits per heavy atom. The Balaban J connectivity index is 2.17. The topological polar surface area (TPSA) is 38.9 Å². The summed E-state index contributed by atoms with van der Waals surface area (Å²) < 4.78 is 1.26. The average molecular weight is 222 g/mol. The van der Waals surface area contributed by atoms with Gasteiger partial charge < -0.3 is 5.73 Å². The molecule has 0 atom stereocenters. The fourth-order valence-electron chi connectivity index (χ4n) is 1.05. The van der Waals surface area contributed by atoms with E-state index in [9.17, 15) is 0 Å². The van der Waals surface area contributed by atoms with E-state index < -0.39 is 0 Å². The highest BCUT2D eigenvalue weighted by molar-refractivity contribution is 8.01. The summed E-state index contributed by atoms with van der Waals surface area (Å²) in [5.74, 6) is 0. The molecule has 0 saturated carbocycles. The first kappa shape index (κ1) is 9.71. The zero-order valence-corrected chi connectivity index (χ0v) is 9.15. The SMILES string of the molecule is NCc1cccc(Sc2cccs2)n1. The van der Waals surface area contributed by atoms with Crippen LogP contribution >= 0.6 is 23.1 Å². The van der Waals surface area contributed by atoms with Crippen LogP contribution in [-0.2, 0) is 6.54 Å². The maximum Gasteiger partial charge on any atom is 0.102 e. The Morgan fingerprint density at radius 3 is 2.93 bits per heavy atom. The number of pyridine rings is 1. The molecule has 0 saturated heterocycles. The van der Waals surface area contributed by atoms with Crippen molar-refractivity contribution in [2.45, 2.75) is 15.8 Å². The molecular formula is C10H10N2S2. The van der Waals surface area contributed by atoms with Gasteiger partial charge in [-0.05, 0) is 23.6 Å². The lowest BCUT2D eigenvalue weighted by Crippen LogP contribution is -1.99. The Labute approximate surface area is 91.2 Å². The molecule has 0 bridgehead atoms. The van der Waals surface area contributed by atoms with Crippen molar-refractivity contribution in [2.75, 3.05) is 0 Å². The third-order valence-electron chi connectivity index (χ3n) is 1.69. The molecule has 0 aliphatic heterocycles. The second-order valence-electron chi connectivity index (χ2n) is 2.71. The molecule has 2 N–H and O–H groups in total. The van der Waals surface area contributed by atoms with E-state index in [1.807, 2.05) is 24.3 Å². The van der Waals surface area contributed by atoms with Crippen molar-refractivity contribution in [2.24, 2.45) is 5.73 Å². The van der Waals surface area contributed by atoms with Gasteiger partial charge >= 0.3 is 0 Å². The number of nitrogens with zero attached hydrogens (tertiary/aromatic N) is 1. The van der Waals surface area contributed by atoms with Crippen LogP contribution in [-0.4, -0.2) is 4.98 Å². The van der Waals surface area contributed by atoms with E-state index in [0.717, 1.165) is 10.7 Å². The molecule has 0 aliphatic rings. The van der Waals surface area contributed by atoms with Crippen LogP contribution in [0.5, 0.6) is 0 Å². The lowest BCUT2D eigenvalue weighted by molar-refractivity contribution is 0.942. The molecule has 4 heteroatoms. The molecule has 2 heterocycles. The lowest BCUT2D eigenvalue weighted by atomic mass is 10.4. The van der Waals surface area contributed by atoms with Crippen LogP contribution in [0.4, 0.5) is 0 Å². The number of nitrogens with two attached hydrogens (primary N) is 1. The monoisotopic (exact) mass is 222 g/mol. The van der Waals surface area contributed by atoms with Crippen molar-refractivity contribution in [1.82, 2.24) is 4.98 Å². The molecule has 0 unspecified atom stereocenters. The smallest absolute Gasteiger partial charge is 0.102 e. The fourth-order valence-corrected chi connectivity index (χ4v) is 2.78. The van der Waals surface area contributed by atoms with Gasteiger partial charge in [0.15, 0.2) is 0 Å². The van der Waals surface area contributed by atoms with Gasteiger partial charge in [0.05, 0.1) is 9.90 Å². The van der Waals surface area contributed by atoms with Crippen molar-refractivity contribution >= 4 is 23.1 Å². The summed E-state index contributed by atoms with van der Waals surface area (Å²) in [6.07, 6.45) is 0. The van der Waals surface area contributed by atoms with Gasteiger partial charge in [-0.25, -0.2) is 4.98 Å². The van der Waals surface area contributed by atoms with Gasteiger partial charge in [-0.2, -0.15) is 0 Å². The zero-order valence-electron chi connectivity index (χ0n) is 7.51. The third-order valence-corrected chi connectivity index (χ3v) is 3.66. The van der Waals surface area contributed by atoms with Crippen molar-refractivity contribution in [3.8, 4) is 0 Å². The first-order chi connectivity index (χ1) is 6.88. The van der Waals surface area contributed by atoms with Crippen LogP contribution < -0.4 is 5.73 Å². The van der Waals surface area contributed by atoms with Crippen LogP contribution in [0.3, 0.4) is 0 Å². The Hall–Kier alpha value is -0.840. The van der Waals surface area contributed by atoms with Gasteiger partial charge in [0.1, 0.15) is 5.03 Å². The van der Waals surface area contributed by atoms with Gasteiger partial charge in [-0.1, -0.05) is 23.9 Å². The molecule has 0 spiro atoms. The lowest BCUT2D eigenvalue weighted by Gasteiger charge is -1.99. The van der Waals surface area contributed by atoms with Gasteiger partial charge in [0.2, 0.25) is 0 Å². The van der Waals surface area contributed by atoms with E-state index in [2.05, 4.69) is 16.4 Å². The van der Waals surface area contributed by atoms with Crippen LogP contribution in [0, 0.1) is 0 Å². The maximum atomic E-state index is 5.52. The first-order valence-electron chi connectivity index (χ1n) is 4.26. The number of hydrogen-bond donors (Lipinski definition) is 1. The van der Waals surface area contributed by atoms with E-state index in [1.54, 1.807) is 23.1 Å². The Bertz CT molecular complexity index is 398. The largest absolute Gasteiger partial charge is 0.325 e. The summed E-state index contributed by atoms with van der Waals surface area (Å²) in [6, 6.07) is 10.1. The van der Waals surface area contributed by atoms with Gasteiger partial charge in [0, 0.05) is 6.54 Å². The summed E-state index contributed by atoms with van der Waals surface area (Å²) in [5, 5.41) is 3.07. The van der Waals surface area contributed by atoms with Crippen LogP contribution in [0.1, 0.15) is 5.69 Å². The van der Waals surface area contributed by atoms with Gasteiger partial charge in [-0.3, -0.25) is 0 Å². The first-order valence-corrected chi connectivity index (χ1v) is 5.95. The minimum atomic E-state index is 0.499. The van der Waals surface area contributed by atoms with Crippen LogP contribution in [0.25, 0.3) is 0 Å². The number of thiophene rings is 1. The van der Waals surface area contributed by atoms with E-state index in [0.29, 0.717) is 6.54 Å². The van der Waals surface area contributed by atoms with Gasteiger partial charge in [-0.15, -0.1) is 11.3 Å². The molecule has 0 radical (unpaired) electrons. The Morgan fingerprint density at radius 1 is 1.29 bits per heavy atom. The highest BCUT2D eigenvalue weighted by Crippen LogP contribution is 2.29. The molecule has 2 aromatic heterocycles. The molecule has 14 heavy (non-hydrogen) atoms. The van der Waals surface area contributed by atoms with Crippen molar-refractivity contribution in [3.05, 3.63) is 41.4 Å². The molecule has 0 amide bonds. The quantitative estimate of drug-likeness (QED) is 0.868. The molecule has 0 aliphatic carbocycles. The van der Waals surface area contributed by atoms with Crippen molar-refractivity contribution < 1.29 is 0 Å². The minimum Gasteiger partial charge on any atom is -0.325 e. The molecule has 0 aromatic carbocycles. The Kier molecular flexibility index (Phi) is 3.18. The molecule has 2 nitrogen and oxygen atoms in total. The standard InChI is InChI=1S/C10H10N2S2/c11-7-8-3-1-4-9(12-8)14-10-5-2-6-13-10/h1-6H,7,11H2. The van der Waals surface area contributed by atoms with Crippen molar-refractivity contribution in [1.29, 1.82) is 0 Å². The molecular weight excluding hydrogens is 212 g/mol. The summed E-state index contributed by atoms with van der Waals surface area (Å²) in [6.45, 7) is 0.499. The second kappa shape index (κ2) is 4.59. The molecule has 2 rings (SSSR count). The highest BCUT2D eigenvalue weighted by atomic mass is 32.2. The number of rotatable bonds is 3. The molecule has 0 fully saturated rings. The van der Waals surface area contributed by atoms with Crippen LogP contribution in [0.15, 0.2) is 44.9 Å². The van der Waals surface area contributed by atoms with E-state index >= 15 is 0 Å². The summed E-state index contributed by atoms with van der Waals surface area (Å²) in [4.78, 5) is 4.41. The molecule has 72 valence electrons. The number of aromatic nitrogens is 1. The number of hydrogen-bond acceptors (Lipinski definition) is 4. The fraction of sp³-hybridized carbons (Fsp3) is 0.100. The average Bonchev–Trinajstić information content (AvgIpc) is 2.71. The predicted octanol–water partition coefficient (Wildman–Crippen LogP) is 2.75. The van der Waals surface area contributed by atoms with Crippen molar-refractivity contribution in [3.63, 3.8) is 0 Å². The maximum absolute atomic E-state index is 5.52. The van der Waals surface area contributed by atoms with Gasteiger partial charge in [0.25, 0.3) is 0 Å².